The second kappa shape index (κ2) is 9.88. The molecule has 0 bridgehead atoms. The molecule has 1 aliphatic heterocycles. The number of rotatable bonds is 5. The zero-order chi connectivity index (χ0) is 25.2. The molecule has 0 saturated carbocycles. The van der Waals surface area contributed by atoms with E-state index in [1.54, 1.807) is 0 Å². The van der Waals surface area contributed by atoms with Crippen molar-refractivity contribution in [1.29, 1.82) is 0 Å². The predicted molar refractivity (Wildman–Crippen MR) is 156 cm³/mol. The van der Waals surface area contributed by atoms with Crippen LogP contribution in [0.25, 0.3) is 0 Å². The van der Waals surface area contributed by atoms with E-state index in [0.29, 0.717) is 0 Å². The summed E-state index contributed by atoms with van der Waals surface area (Å²) in [7, 11) is -3.14. The van der Waals surface area contributed by atoms with Gasteiger partial charge in [0.1, 0.15) is 0 Å². The lowest BCUT2D eigenvalue weighted by molar-refractivity contribution is 0.591. The Bertz CT molecular complexity index is 1500. The molecule has 0 fully saturated rings. The molecule has 1 aliphatic rings. The van der Waals surface area contributed by atoms with Gasteiger partial charge >= 0.3 is 0 Å². The zero-order valence-corrected chi connectivity index (χ0v) is 21.8. The Balaban J connectivity index is 1.59. The monoisotopic (exact) mass is 499 g/mol. The van der Waals surface area contributed by atoms with Gasteiger partial charge < -0.3 is 9.88 Å². The minimum Gasteiger partial charge on any atom is -0.377 e. The van der Waals surface area contributed by atoms with E-state index in [9.17, 15) is 0 Å². The van der Waals surface area contributed by atoms with E-state index in [-0.39, 0.29) is 12.0 Å². The lowest BCUT2D eigenvalue weighted by Crippen LogP contribution is -2.32. The van der Waals surface area contributed by atoms with Crippen molar-refractivity contribution in [2.75, 3.05) is 5.32 Å². The second-order valence-electron chi connectivity index (χ2n) is 9.83. The van der Waals surface area contributed by atoms with Crippen LogP contribution in [0.3, 0.4) is 0 Å². The van der Waals surface area contributed by atoms with E-state index in [0.717, 1.165) is 28.0 Å². The fourth-order valence-corrected chi connectivity index (χ4v) is 8.43. The van der Waals surface area contributed by atoms with Crippen LogP contribution in [0.1, 0.15) is 40.6 Å². The average molecular weight is 500 g/mol. The fourth-order valence-electron chi connectivity index (χ4n) is 5.59. The van der Waals surface area contributed by atoms with Crippen LogP contribution < -0.4 is 21.2 Å². The number of nitrogens with one attached hydrogen (secondary N) is 1. The van der Waals surface area contributed by atoms with Gasteiger partial charge in [0.15, 0.2) is 7.14 Å². The van der Waals surface area contributed by atoms with Crippen LogP contribution in [0, 0.1) is 6.92 Å². The molecule has 2 atom stereocenters. The van der Waals surface area contributed by atoms with Crippen LogP contribution in [0.4, 0.5) is 5.69 Å². The maximum atomic E-state index is 15.4. The third kappa shape index (κ3) is 4.32. The predicted octanol–water partition coefficient (Wildman–Crippen LogP) is 7.32. The van der Waals surface area contributed by atoms with Gasteiger partial charge in [0.2, 0.25) is 0 Å². The Labute approximate surface area is 219 Å². The van der Waals surface area contributed by atoms with Gasteiger partial charge in [-0.15, -0.1) is 0 Å². The summed E-state index contributed by atoms with van der Waals surface area (Å²) in [5.41, 5.74) is 6.00. The van der Waals surface area contributed by atoms with Gasteiger partial charge in [0.25, 0.3) is 0 Å². The highest BCUT2D eigenvalue weighted by molar-refractivity contribution is 7.85. The molecule has 1 heterocycles. The molecule has 5 aromatic rings. The first-order valence-electron chi connectivity index (χ1n) is 12.9. The Kier molecular flexibility index (Phi) is 6.28. The molecule has 2 nitrogen and oxygen atoms in total. The van der Waals surface area contributed by atoms with Gasteiger partial charge in [0.05, 0.1) is 6.04 Å². The molecule has 37 heavy (non-hydrogen) atoms. The van der Waals surface area contributed by atoms with Crippen LogP contribution in [0.5, 0.6) is 0 Å². The molecule has 1 N–H and O–H groups in total. The number of anilines is 1. The zero-order valence-electron chi connectivity index (χ0n) is 20.9. The molecule has 6 rings (SSSR count). The van der Waals surface area contributed by atoms with E-state index in [1.807, 2.05) is 60.7 Å². The minimum atomic E-state index is -3.14. The normalized spacial score (nSPS) is 17.0. The first-order chi connectivity index (χ1) is 18.1. The SMILES string of the molecule is Cc1ccc([C@H]2C[C@@H](c3ccccc3)Nc3c2cccc3P(=O)(c2ccccc2)c2ccccc2)cc1. The van der Waals surface area contributed by atoms with Crippen LogP contribution in [0.2, 0.25) is 0 Å². The van der Waals surface area contributed by atoms with Crippen LogP contribution in [0.15, 0.2) is 133 Å². The minimum absolute atomic E-state index is 0.112. The number of fused-ring (bicyclic) bond motifs is 1. The van der Waals surface area contributed by atoms with Gasteiger partial charge in [-0.1, -0.05) is 133 Å². The van der Waals surface area contributed by atoms with Gasteiger partial charge in [-0.05, 0) is 36.1 Å². The van der Waals surface area contributed by atoms with E-state index in [4.69, 9.17) is 0 Å². The molecule has 0 unspecified atom stereocenters. The molecule has 0 spiro atoms. The van der Waals surface area contributed by atoms with Crippen molar-refractivity contribution in [3.8, 4) is 0 Å². The van der Waals surface area contributed by atoms with Crippen molar-refractivity contribution in [3.63, 3.8) is 0 Å². The molecule has 3 heteroatoms. The first-order valence-corrected chi connectivity index (χ1v) is 14.6. The van der Waals surface area contributed by atoms with Gasteiger partial charge in [0, 0.05) is 27.5 Å². The van der Waals surface area contributed by atoms with Crippen molar-refractivity contribution in [3.05, 3.63) is 156 Å². The average Bonchev–Trinajstić information content (AvgIpc) is 2.98. The molecule has 0 aromatic heterocycles. The Morgan fingerprint density at radius 1 is 0.622 bits per heavy atom. The van der Waals surface area contributed by atoms with Crippen molar-refractivity contribution in [2.45, 2.75) is 25.3 Å². The number of hydrogen-bond acceptors (Lipinski definition) is 2. The van der Waals surface area contributed by atoms with E-state index in [2.05, 4.69) is 85.0 Å². The second-order valence-corrected chi connectivity index (χ2v) is 12.6. The van der Waals surface area contributed by atoms with Crippen molar-refractivity contribution >= 4 is 28.7 Å². The largest absolute Gasteiger partial charge is 0.377 e. The van der Waals surface area contributed by atoms with Gasteiger partial charge in [-0.2, -0.15) is 0 Å². The Morgan fingerprint density at radius 3 is 1.78 bits per heavy atom. The van der Waals surface area contributed by atoms with Gasteiger partial charge in [-0.3, -0.25) is 0 Å². The third-order valence-corrected chi connectivity index (χ3v) is 10.6. The van der Waals surface area contributed by atoms with Crippen LogP contribution >= 0.6 is 7.14 Å². The summed E-state index contributed by atoms with van der Waals surface area (Å²) in [6.07, 6.45) is 0.935. The topological polar surface area (TPSA) is 29.1 Å². The van der Waals surface area contributed by atoms with E-state index in [1.165, 1.54) is 22.3 Å². The van der Waals surface area contributed by atoms with Gasteiger partial charge in [-0.25, -0.2) is 0 Å². The van der Waals surface area contributed by atoms with E-state index >= 15 is 4.57 Å². The Morgan fingerprint density at radius 2 is 1.19 bits per heavy atom. The summed E-state index contributed by atoms with van der Waals surface area (Å²) >= 11 is 0. The highest BCUT2D eigenvalue weighted by atomic mass is 31.2. The highest BCUT2D eigenvalue weighted by Crippen LogP contribution is 2.50. The number of benzene rings is 5. The summed E-state index contributed by atoms with van der Waals surface area (Å²) in [4.78, 5) is 0. The number of aryl methyl sites for hydroxylation is 1. The van der Waals surface area contributed by atoms with Crippen molar-refractivity contribution in [2.24, 2.45) is 0 Å². The summed E-state index contributed by atoms with van der Waals surface area (Å²) < 4.78 is 15.4. The molecule has 0 saturated heterocycles. The molecule has 0 radical (unpaired) electrons. The Hall–Kier alpha value is -3.87. The third-order valence-electron chi connectivity index (χ3n) is 7.50. The lowest BCUT2D eigenvalue weighted by Gasteiger charge is -2.36. The molecule has 0 amide bonds. The quantitative estimate of drug-likeness (QED) is 0.257. The summed E-state index contributed by atoms with van der Waals surface area (Å²) in [5, 5.41) is 6.45. The van der Waals surface area contributed by atoms with Crippen molar-refractivity contribution in [1.82, 2.24) is 0 Å². The van der Waals surface area contributed by atoms with Crippen LogP contribution in [-0.2, 0) is 4.57 Å². The summed E-state index contributed by atoms with van der Waals surface area (Å²) in [6, 6.07) is 45.9. The molecular weight excluding hydrogens is 469 g/mol. The maximum Gasteiger partial charge on any atom is 0.173 e. The maximum absolute atomic E-state index is 15.4. The summed E-state index contributed by atoms with van der Waals surface area (Å²) in [6.45, 7) is 2.13. The molecule has 182 valence electrons. The smallest absolute Gasteiger partial charge is 0.173 e. The van der Waals surface area contributed by atoms with Crippen molar-refractivity contribution < 1.29 is 4.57 Å². The highest BCUT2D eigenvalue weighted by Gasteiger charge is 2.37. The fraction of sp³-hybridized carbons (Fsp3) is 0.118. The van der Waals surface area contributed by atoms with E-state index < -0.39 is 7.14 Å². The molecule has 5 aromatic carbocycles. The number of para-hydroxylation sites is 1. The van der Waals surface area contributed by atoms with Crippen LogP contribution in [-0.4, -0.2) is 0 Å². The summed E-state index contributed by atoms with van der Waals surface area (Å²) in [5.74, 6) is 0.196. The standard InChI is InChI=1S/C34H30NOP/c1-25-20-22-26(23-21-25)31-24-32(27-12-5-2-6-13-27)35-34-30(31)18-11-19-33(34)37(36,28-14-7-3-8-15-28)29-16-9-4-10-17-29/h2-23,31-32,35H,24H2,1H3/t31-,32+/m1/s1. The molecule has 0 aliphatic carbocycles. The molecular formula is C34H30NOP. The first kappa shape index (κ1) is 23.5. The lowest BCUT2D eigenvalue weighted by atomic mass is 9.80. The number of hydrogen-bond donors (Lipinski definition) is 1.